The smallest absolute Gasteiger partial charge is 0.405 e. The van der Waals surface area contributed by atoms with Gasteiger partial charge in [-0.15, -0.1) is 13.2 Å². The van der Waals surface area contributed by atoms with E-state index in [1.54, 1.807) is 0 Å². The standard InChI is InChI=1S/C12H16F3NO2S/c1-8-5-6-9(19(17)16-11(2,3)4)7-10(8)18-12(13,14)15/h5-7,16H,1-4H3. The molecule has 0 bridgehead atoms. The van der Waals surface area contributed by atoms with Crippen molar-refractivity contribution in [2.75, 3.05) is 0 Å². The summed E-state index contributed by atoms with van der Waals surface area (Å²) in [6.07, 6.45) is -4.76. The molecule has 0 aliphatic carbocycles. The average Bonchev–Trinajstić information content (AvgIpc) is 2.16. The molecule has 0 aliphatic rings. The molecule has 0 saturated heterocycles. The highest BCUT2D eigenvalue weighted by Gasteiger charge is 2.32. The molecular weight excluding hydrogens is 279 g/mol. The summed E-state index contributed by atoms with van der Waals surface area (Å²) in [7, 11) is -1.60. The minimum absolute atomic E-state index is 0.236. The minimum Gasteiger partial charge on any atom is -0.405 e. The van der Waals surface area contributed by atoms with Gasteiger partial charge in [0, 0.05) is 5.54 Å². The molecule has 1 N–H and O–H groups in total. The van der Waals surface area contributed by atoms with Crippen LogP contribution in [0.4, 0.5) is 13.2 Å². The molecule has 0 amide bonds. The van der Waals surface area contributed by atoms with Gasteiger partial charge in [0.15, 0.2) is 0 Å². The van der Waals surface area contributed by atoms with Crippen LogP contribution in [-0.2, 0) is 11.0 Å². The van der Waals surface area contributed by atoms with E-state index in [9.17, 15) is 17.4 Å². The number of rotatable bonds is 3. The first-order valence-corrected chi connectivity index (χ1v) is 6.69. The Labute approximate surface area is 112 Å². The van der Waals surface area contributed by atoms with Crippen LogP contribution in [0.2, 0.25) is 0 Å². The summed E-state index contributed by atoms with van der Waals surface area (Å²) < 4.78 is 55.3. The fraction of sp³-hybridized carbons (Fsp3) is 0.500. The minimum atomic E-state index is -4.76. The van der Waals surface area contributed by atoms with Crippen molar-refractivity contribution in [1.82, 2.24) is 4.72 Å². The van der Waals surface area contributed by atoms with Gasteiger partial charge in [-0.1, -0.05) is 6.07 Å². The fourth-order valence-electron chi connectivity index (χ4n) is 1.27. The zero-order valence-corrected chi connectivity index (χ0v) is 11.9. The molecule has 1 rings (SSSR count). The topological polar surface area (TPSA) is 38.3 Å². The van der Waals surface area contributed by atoms with Crippen LogP contribution in [0.3, 0.4) is 0 Å². The summed E-state index contributed by atoms with van der Waals surface area (Å²) in [6, 6.07) is 4.09. The quantitative estimate of drug-likeness (QED) is 0.929. The van der Waals surface area contributed by atoms with Gasteiger partial charge in [0.25, 0.3) is 0 Å². The lowest BCUT2D eigenvalue weighted by molar-refractivity contribution is -0.274. The van der Waals surface area contributed by atoms with Gasteiger partial charge in [-0.2, -0.15) is 0 Å². The molecule has 0 aliphatic heterocycles. The number of halogens is 3. The van der Waals surface area contributed by atoms with Crippen LogP contribution in [-0.4, -0.2) is 16.1 Å². The molecule has 1 aromatic carbocycles. The first-order chi connectivity index (χ1) is 8.48. The molecule has 1 atom stereocenters. The Morgan fingerprint density at radius 2 is 1.79 bits per heavy atom. The van der Waals surface area contributed by atoms with Crippen LogP contribution in [0, 0.1) is 6.92 Å². The average molecular weight is 295 g/mol. The lowest BCUT2D eigenvalue weighted by Crippen LogP contribution is -2.37. The van der Waals surface area contributed by atoms with Crippen molar-refractivity contribution in [2.24, 2.45) is 0 Å². The molecule has 0 radical (unpaired) electrons. The molecule has 19 heavy (non-hydrogen) atoms. The highest BCUT2D eigenvalue weighted by molar-refractivity contribution is 7.83. The second kappa shape index (κ2) is 5.50. The van der Waals surface area contributed by atoms with E-state index in [0.29, 0.717) is 5.56 Å². The monoisotopic (exact) mass is 295 g/mol. The lowest BCUT2D eigenvalue weighted by Gasteiger charge is -2.20. The molecule has 3 nitrogen and oxygen atoms in total. The molecule has 0 heterocycles. The van der Waals surface area contributed by atoms with Gasteiger partial charge in [-0.05, 0) is 45.4 Å². The van der Waals surface area contributed by atoms with Crippen LogP contribution in [0.15, 0.2) is 23.1 Å². The molecule has 0 saturated carbocycles. The predicted octanol–water partition coefficient (Wildman–Crippen LogP) is 3.30. The normalized spacial score (nSPS) is 14.3. The summed E-state index contributed by atoms with van der Waals surface area (Å²) in [5.41, 5.74) is -0.0883. The van der Waals surface area contributed by atoms with Crippen LogP contribution in [0.25, 0.3) is 0 Å². The van der Waals surface area contributed by atoms with E-state index in [1.165, 1.54) is 19.1 Å². The molecule has 1 unspecified atom stereocenters. The summed E-state index contributed by atoms with van der Waals surface area (Å²) in [5, 5.41) is 0. The molecule has 108 valence electrons. The van der Waals surface area contributed by atoms with Gasteiger partial charge in [-0.25, -0.2) is 8.93 Å². The van der Waals surface area contributed by atoms with E-state index in [1.807, 2.05) is 20.8 Å². The van der Waals surface area contributed by atoms with Gasteiger partial charge in [0.1, 0.15) is 16.7 Å². The Hall–Kier alpha value is -1.08. The first kappa shape index (κ1) is 16.0. The predicted molar refractivity (Wildman–Crippen MR) is 67.2 cm³/mol. The third-order valence-corrected chi connectivity index (χ3v) is 3.48. The highest BCUT2D eigenvalue weighted by Crippen LogP contribution is 2.28. The Bertz CT molecular complexity index is 481. The highest BCUT2D eigenvalue weighted by atomic mass is 32.2. The van der Waals surface area contributed by atoms with Crippen LogP contribution in [0.5, 0.6) is 5.75 Å². The summed E-state index contributed by atoms with van der Waals surface area (Å²) >= 11 is 0. The maximum Gasteiger partial charge on any atom is 0.573 e. The van der Waals surface area contributed by atoms with E-state index in [2.05, 4.69) is 9.46 Å². The van der Waals surface area contributed by atoms with Crippen molar-refractivity contribution in [2.45, 2.75) is 44.5 Å². The van der Waals surface area contributed by atoms with E-state index in [0.717, 1.165) is 6.07 Å². The summed E-state index contributed by atoms with van der Waals surface area (Å²) in [5.74, 6) is -0.339. The summed E-state index contributed by atoms with van der Waals surface area (Å²) in [6.45, 7) is 6.93. The number of alkyl halides is 3. The van der Waals surface area contributed by atoms with Crippen LogP contribution in [0.1, 0.15) is 26.3 Å². The number of hydrogen-bond acceptors (Lipinski definition) is 2. The van der Waals surface area contributed by atoms with E-state index < -0.39 is 22.9 Å². The largest absolute Gasteiger partial charge is 0.573 e. The number of ether oxygens (including phenoxy) is 1. The number of benzene rings is 1. The van der Waals surface area contributed by atoms with Crippen LogP contribution >= 0.6 is 0 Å². The first-order valence-electron chi connectivity index (χ1n) is 5.54. The maximum absolute atomic E-state index is 12.2. The zero-order chi connectivity index (χ0) is 14.8. The van der Waals surface area contributed by atoms with Crippen LogP contribution < -0.4 is 9.46 Å². The van der Waals surface area contributed by atoms with Gasteiger partial charge in [0.05, 0.1) is 4.90 Å². The second-order valence-corrected chi connectivity index (χ2v) is 6.31. The lowest BCUT2D eigenvalue weighted by atomic mass is 10.1. The van der Waals surface area contributed by atoms with Crippen molar-refractivity contribution in [1.29, 1.82) is 0 Å². The van der Waals surface area contributed by atoms with Crippen molar-refractivity contribution < 1.29 is 22.1 Å². The van der Waals surface area contributed by atoms with E-state index in [-0.39, 0.29) is 10.6 Å². The zero-order valence-electron chi connectivity index (χ0n) is 11.1. The molecule has 1 aromatic rings. The summed E-state index contributed by atoms with van der Waals surface area (Å²) in [4.78, 5) is 0.236. The molecular formula is C12H16F3NO2S. The van der Waals surface area contributed by atoms with Gasteiger partial charge in [0.2, 0.25) is 0 Å². The molecule has 0 spiro atoms. The number of nitrogens with one attached hydrogen (secondary N) is 1. The van der Waals surface area contributed by atoms with E-state index >= 15 is 0 Å². The molecule has 0 aromatic heterocycles. The van der Waals surface area contributed by atoms with Crippen molar-refractivity contribution in [3.05, 3.63) is 23.8 Å². The van der Waals surface area contributed by atoms with Crippen molar-refractivity contribution in [3.63, 3.8) is 0 Å². The number of hydrogen-bond donors (Lipinski definition) is 1. The second-order valence-electron chi connectivity index (χ2n) is 5.10. The van der Waals surface area contributed by atoms with Gasteiger partial charge in [-0.3, -0.25) is 0 Å². The SMILES string of the molecule is Cc1ccc(S(=O)NC(C)(C)C)cc1OC(F)(F)F. The fourth-order valence-corrected chi connectivity index (χ4v) is 2.35. The third-order valence-electron chi connectivity index (χ3n) is 2.00. The van der Waals surface area contributed by atoms with Crippen molar-refractivity contribution in [3.8, 4) is 5.75 Å². The Morgan fingerprint density at radius 3 is 2.26 bits per heavy atom. The molecule has 7 heteroatoms. The van der Waals surface area contributed by atoms with E-state index in [4.69, 9.17) is 0 Å². The number of aryl methyl sites for hydroxylation is 1. The van der Waals surface area contributed by atoms with Gasteiger partial charge < -0.3 is 4.74 Å². The Morgan fingerprint density at radius 1 is 1.21 bits per heavy atom. The Balaban J connectivity index is 2.99. The third kappa shape index (κ3) is 5.61. The Kier molecular flexibility index (Phi) is 4.63. The van der Waals surface area contributed by atoms with Crippen molar-refractivity contribution >= 4 is 11.0 Å². The maximum atomic E-state index is 12.2. The van der Waals surface area contributed by atoms with Gasteiger partial charge >= 0.3 is 6.36 Å². The molecule has 0 fully saturated rings.